The van der Waals surface area contributed by atoms with Crippen LogP contribution in [0.1, 0.15) is 23.7 Å². The number of piperazine rings is 1. The first-order valence-corrected chi connectivity index (χ1v) is 7.11. The fourth-order valence-corrected chi connectivity index (χ4v) is 2.81. The average Bonchev–Trinajstić information content (AvgIpc) is 2.37. The van der Waals surface area contributed by atoms with Gasteiger partial charge >= 0.3 is 0 Å². The van der Waals surface area contributed by atoms with E-state index in [1.54, 1.807) is 6.92 Å². The molecule has 7 heteroatoms. The molecule has 2 rings (SSSR count). The van der Waals surface area contributed by atoms with Crippen LogP contribution in [-0.4, -0.2) is 35.2 Å². The van der Waals surface area contributed by atoms with Crippen molar-refractivity contribution in [3.63, 3.8) is 0 Å². The molecule has 0 spiro atoms. The molecule has 1 aliphatic heterocycles. The Kier molecular flexibility index (Phi) is 4.36. The molecule has 3 amide bonds. The summed E-state index contributed by atoms with van der Waals surface area (Å²) in [7, 11) is 0. The molecule has 1 aromatic carbocycles. The molecule has 1 fully saturated rings. The number of hydrogen-bond donors (Lipinski definition) is 1. The van der Waals surface area contributed by atoms with Crippen molar-refractivity contribution in [1.29, 1.82) is 0 Å². The molecule has 0 saturated carbocycles. The molecular weight excluding hydrogens is 378 g/mol. The molecule has 1 aromatic rings. The van der Waals surface area contributed by atoms with Crippen LogP contribution in [0.2, 0.25) is 0 Å². The number of carbonyl (C=O) groups excluding carboxylic acids is 3. The van der Waals surface area contributed by atoms with Crippen molar-refractivity contribution < 1.29 is 18.8 Å². The van der Waals surface area contributed by atoms with Crippen molar-refractivity contribution in [2.45, 2.75) is 19.4 Å². The Balaban J connectivity index is 2.34. The molecule has 0 bridgehead atoms. The number of nitrogens with one attached hydrogen (secondary N) is 1. The smallest absolute Gasteiger partial charge is 0.256 e. The number of rotatable bonds is 2. The highest BCUT2D eigenvalue weighted by atomic mass is 127. The fraction of sp³-hybridized carbons (Fsp3) is 0.308. The zero-order valence-electron chi connectivity index (χ0n) is 10.7. The first-order chi connectivity index (χ1) is 9.43. The van der Waals surface area contributed by atoms with Crippen LogP contribution in [0, 0.1) is 9.39 Å². The zero-order valence-corrected chi connectivity index (χ0v) is 12.8. The number of carbonyl (C=O) groups is 3. The van der Waals surface area contributed by atoms with Crippen molar-refractivity contribution in [3.05, 3.63) is 33.1 Å². The van der Waals surface area contributed by atoms with E-state index in [9.17, 15) is 18.8 Å². The van der Waals surface area contributed by atoms with E-state index < -0.39 is 29.6 Å². The van der Waals surface area contributed by atoms with Gasteiger partial charge in [0.15, 0.2) is 0 Å². The summed E-state index contributed by atoms with van der Waals surface area (Å²) >= 11 is 1.85. The highest BCUT2D eigenvalue weighted by Gasteiger charge is 2.36. The van der Waals surface area contributed by atoms with Gasteiger partial charge in [-0.25, -0.2) is 4.39 Å². The van der Waals surface area contributed by atoms with Crippen molar-refractivity contribution in [3.8, 4) is 0 Å². The van der Waals surface area contributed by atoms with Gasteiger partial charge < -0.3 is 4.90 Å². The van der Waals surface area contributed by atoms with Gasteiger partial charge in [-0.2, -0.15) is 0 Å². The number of benzene rings is 1. The van der Waals surface area contributed by atoms with E-state index in [1.165, 1.54) is 23.1 Å². The molecule has 1 aliphatic rings. The molecule has 1 atom stereocenters. The van der Waals surface area contributed by atoms with E-state index >= 15 is 0 Å². The fourth-order valence-electron chi connectivity index (χ4n) is 2.10. The quantitative estimate of drug-likeness (QED) is 0.612. The average molecular weight is 390 g/mol. The van der Waals surface area contributed by atoms with Crippen molar-refractivity contribution in [2.75, 3.05) is 6.54 Å². The topological polar surface area (TPSA) is 66.5 Å². The summed E-state index contributed by atoms with van der Waals surface area (Å²) in [6.07, 6.45) is 0.405. The minimum Gasteiger partial charge on any atom is -0.317 e. The van der Waals surface area contributed by atoms with Gasteiger partial charge in [0.25, 0.3) is 5.91 Å². The monoisotopic (exact) mass is 390 g/mol. The zero-order chi connectivity index (χ0) is 14.9. The van der Waals surface area contributed by atoms with E-state index in [1.807, 2.05) is 22.6 Å². The predicted octanol–water partition coefficient (Wildman–Crippen LogP) is 1.31. The van der Waals surface area contributed by atoms with Crippen molar-refractivity contribution in [1.82, 2.24) is 10.2 Å². The third-order valence-electron chi connectivity index (χ3n) is 3.06. The minimum absolute atomic E-state index is 0.170. The number of imide groups is 1. The third-order valence-corrected chi connectivity index (χ3v) is 3.96. The Hall–Kier alpha value is -1.51. The van der Waals surface area contributed by atoms with Crippen LogP contribution in [0.4, 0.5) is 4.39 Å². The van der Waals surface area contributed by atoms with Gasteiger partial charge in [-0.15, -0.1) is 0 Å². The van der Waals surface area contributed by atoms with Gasteiger partial charge in [0, 0.05) is 3.57 Å². The van der Waals surface area contributed by atoms with E-state index in [2.05, 4.69) is 5.32 Å². The van der Waals surface area contributed by atoms with E-state index in [0.29, 0.717) is 9.99 Å². The van der Waals surface area contributed by atoms with E-state index in [4.69, 9.17) is 0 Å². The molecule has 0 aromatic heterocycles. The maximum atomic E-state index is 13.1. The van der Waals surface area contributed by atoms with Gasteiger partial charge in [-0.3, -0.25) is 19.7 Å². The lowest BCUT2D eigenvalue weighted by Crippen LogP contribution is -2.59. The van der Waals surface area contributed by atoms with E-state index in [-0.39, 0.29) is 12.1 Å². The maximum Gasteiger partial charge on any atom is 0.256 e. The SMILES string of the molecule is CCC1C(=O)NC(=O)CN1C(=O)c1ccc(F)cc1I. The lowest BCUT2D eigenvalue weighted by Gasteiger charge is -2.33. The lowest BCUT2D eigenvalue weighted by molar-refractivity contribution is -0.138. The van der Waals surface area contributed by atoms with Crippen LogP contribution < -0.4 is 5.32 Å². The van der Waals surface area contributed by atoms with Gasteiger partial charge in [0.05, 0.1) is 5.56 Å². The van der Waals surface area contributed by atoms with Crippen molar-refractivity contribution >= 4 is 40.3 Å². The van der Waals surface area contributed by atoms with Crippen LogP contribution in [0.5, 0.6) is 0 Å². The van der Waals surface area contributed by atoms with Gasteiger partial charge in [-0.05, 0) is 47.2 Å². The normalized spacial score (nSPS) is 18.9. The third kappa shape index (κ3) is 2.82. The largest absolute Gasteiger partial charge is 0.317 e. The Bertz CT molecular complexity index is 591. The van der Waals surface area contributed by atoms with Gasteiger partial charge in [0.2, 0.25) is 11.8 Å². The summed E-state index contributed by atoms with van der Waals surface area (Å²) in [6, 6.07) is 3.10. The van der Waals surface area contributed by atoms with Crippen molar-refractivity contribution in [2.24, 2.45) is 0 Å². The Morgan fingerprint density at radius 2 is 2.20 bits per heavy atom. The van der Waals surface area contributed by atoms with Crippen LogP contribution in [-0.2, 0) is 9.59 Å². The summed E-state index contributed by atoms with van der Waals surface area (Å²) in [4.78, 5) is 36.9. The number of nitrogens with zero attached hydrogens (tertiary/aromatic N) is 1. The Morgan fingerprint density at radius 3 is 2.80 bits per heavy atom. The molecule has 1 unspecified atom stereocenters. The molecule has 0 aliphatic carbocycles. The van der Waals surface area contributed by atoms with Gasteiger partial charge in [-0.1, -0.05) is 6.92 Å². The Morgan fingerprint density at radius 1 is 1.50 bits per heavy atom. The Labute approximate surface area is 128 Å². The second kappa shape index (κ2) is 5.86. The molecule has 20 heavy (non-hydrogen) atoms. The van der Waals surface area contributed by atoms with E-state index in [0.717, 1.165) is 0 Å². The first kappa shape index (κ1) is 14.9. The van der Waals surface area contributed by atoms with Crippen LogP contribution >= 0.6 is 22.6 Å². The molecular formula is C13H12FIN2O3. The second-order valence-electron chi connectivity index (χ2n) is 4.39. The standard InChI is InChI=1S/C13H12FIN2O3/c1-2-10-12(19)16-11(18)6-17(10)13(20)8-4-3-7(14)5-9(8)15/h3-5,10H,2,6H2,1H3,(H,16,18,19). The lowest BCUT2D eigenvalue weighted by atomic mass is 10.1. The number of amides is 3. The summed E-state index contributed by atoms with van der Waals surface area (Å²) in [5.41, 5.74) is 0.285. The van der Waals surface area contributed by atoms with Crippen LogP contribution in [0.15, 0.2) is 18.2 Å². The highest BCUT2D eigenvalue weighted by molar-refractivity contribution is 14.1. The molecule has 1 N–H and O–H groups in total. The summed E-state index contributed by atoms with van der Waals surface area (Å²) in [5.74, 6) is -1.87. The van der Waals surface area contributed by atoms with Gasteiger partial charge in [0.1, 0.15) is 18.4 Å². The maximum absolute atomic E-state index is 13.1. The predicted molar refractivity (Wildman–Crippen MR) is 77.4 cm³/mol. The second-order valence-corrected chi connectivity index (χ2v) is 5.56. The molecule has 1 heterocycles. The van der Waals surface area contributed by atoms with Crippen LogP contribution in [0.3, 0.4) is 0 Å². The van der Waals surface area contributed by atoms with Crippen LogP contribution in [0.25, 0.3) is 0 Å². The minimum atomic E-state index is -0.680. The first-order valence-electron chi connectivity index (χ1n) is 6.03. The highest BCUT2D eigenvalue weighted by Crippen LogP contribution is 2.19. The summed E-state index contributed by atoms with van der Waals surface area (Å²) < 4.78 is 13.5. The number of hydrogen-bond acceptors (Lipinski definition) is 3. The number of halogens is 2. The molecule has 106 valence electrons. The molecule has 0 radical (unpaired) electrons. The molecule has 5 nitrogen and oxygen atoms in total. The molecule has 1 saturated heterocycles. The summed E-state index contributed by atoms with van der Waals surface area (Å²) in [6.45, 7) is 1.59. The summed E-state index contributed by atoms with van der Waals surface area (Å²) in [5, 5.41) is 2.21.